The van der Waals surface area contributed by atoms with E-state index in [1.54, 1.807) is 30.0 Å². The fraction of sp³-hybridized carbons (Fsp3) is 0.417. The number of nitrogens with zero attached hydrogens (tertiary/aromatic N) is 1. The number of amides is 2. The lowest BCUT2D eigenvalue weighted by atomic mass is 10.0. The molecule has 6 heteroatoms. The SMILES string of the molecule is CC[C@@H](C)NC(=O)[C@H](C)N(Cc1c(Cl)cccc1Cl)C(=O)Cc1cc(C)ccc1C. The van der Waals surface area contributed by atoms with Crippen LogP contribution in [0.25, 0.3) is 0 Å². The maximum absolute atomic E-state index is 13.4. The van der Waals surface area contributed by atoms with E-state index in [0.717, 1.165) is 23.1 Å². The van der Waals surface area contributed by atoms with E-state index in [4.69, 9.17) is 23.2 Å². The zero-order chi connectivity index (χ0) is 22.4. The molecule has 1 N–H and O–H groups in total. The van der Waals surface area contributed by atoms with Crippen LogP contribution >= 0.6 is 23.2 Å². The van der Waals surface area contributed by atoms with Crippen LogP contribution in [0.4, 0.5) is 0 Å². The van der Waals surface area contributed by atoms with Gasteiger partial charge in [-0.15, -0.1) is 0 Å². The molecule has 0 heterocycles. The minimum Gasteiger partial charge on any atom is -0.352 e. The highest BCUT2D eigenvalue weighted by atomic mass is 35.5. The number of benzene rings is 2. The van der Waals surface area contributed by atoms with Crippen LogP contribution in [-0.2, 0) is 22.6 Å². The third-order valence-electron chi connectivity index (χ3n) is 5.40. The normalized spacial score (nSPS) is 12.9. The minimum atomic E-state index is -0.663. The maximum atomic E-state index is 13.4. The molecule has 162 valence electrons. The van der Waals surface area contributed by atoms with Crippen molar-refractivity contribution in [3.8, 4) is 0 Å². The number of carbonyl (C=O) groups is 2. The number of rotatable bonds is 8. The van der Waals surface area contributed by atoms with E-state index < -0.39 is 6.04 Å². The van der Waals surface area contributed by atoms with Crippen molar-refractivity contribution in [2.45, 2.75) is 66.1 Å². The zero-order valence-electron chi connectivity index (χ0n) is 18.3. The van der Waals surface area contributed by atoms with E-state index in [1.165, 1.54) is 0 Å². The molecular formula is C24H30Cl2N2O2. The van der Waals surface area contributed by atoms with Gasteiger partial charge in [0.15, 0.2) is 0 Å². The molecule has 0 saturated heterocycles. The van der Waals surface area contributed by atoms with Crippen molar-refractivity contribution in [3.05, 3.63) is 68.7 Å². The van der Waals surface area contributed by atoms with Crippen molar-refractivity contribution >= 4 is 35.0 Å². The number of hydrogen-bond donors (Lipinski definition) is 1. The summed E-state index contributed by atoms with van der Waals surface area (Å²) >= 11 is 12.7. The molecule has 2 rings (SSSR count). The van der Waals surface area contributed by atoms with Crippen LogP contribution in [-0.4, -0.2) is 28.8 Å². The Labute approximate surface area is 189 Å². The van der Waals surface area contributed by atoms with Gasteiger partial charge in [0.2, 0.25) is 11.8 Å². The Balaban J connectivity index is 2.35. The maximum Gasteiger partial charge on any atom is 0.242 e. The van der Waals surface area contributed by atoms with E-state index in [1.807, 2.05) is 45.9 Å². The molecule has 0 fully saturated rings. The molecule has 0 saturated carbocycles. The predicted molar refractivity (Wildman–Crippen MR) is 124 cm³/mol. The largest absolute Gasteiger partial charge is 0.352 e. The van der Waals surface area contributed by atoms with Gasteiger partial charge in [-0.3, -0.25) is 9.59 Å². The standard InChI is InChI=1S/C24H30Cl2N2O2/c1-6-17(4)27-24(30)18(5)28(14-20-21(25)8-7-9-22(20)26)23(29)13-19-12-15(2)10-11-16(19)3/h7-12,17-18H,6,13-14H2,1-5H3,(H,27,30)/t17-,18+/m1/s1. The first-order valence-electron chi connectivity index (χ1n) is 10.2. The summed E-state index contributed by atoms with van der Waals surface area (Å²) in [5, 5.41) is 3.91. The molecule has 0 aliphatic heterocycles. The van der Waals surface area contributed by atoms with Gasteiger partial charge in [0, 0.05) is 28.2 Å². The Bertz CT molecular complexity index is 894. The molecule has 0 unspecified atom stereocenters. The zero-order valence-corrected chi connectivity index (χ0v) is 19.8. The molecule has 2 aromatic rings. The van der Waals surface area contributed by atoms with Crippen molar-refractivity contribution in [2.24, 2.45) is 0 Å². The summed E-state index contributed by atoms with van der Waals surface area (Å²) in [6, 6.07) is 10.6. The first-order chi connectivity index (χ1) is 14.1. The van der Waals surface area contributed by atoms with Gasteiger partial charge in [-0.05, 0) is 57.4 Å². The first-order valence-corrected chi connectivity index (χ1v) is 11.0. The average molecular weight is 449 g/mol. The van der Waals surface area contributed by atoms with Gasteiger partial charge >= 0.3 is 0 Å². The van der Waals surface area contributed by atoms with Crippen LogP contribution in [0.2, 0.25) is 10.0 Å². The van der Waals surface area contributed by atoms with Crippen LogP contribution in [0.15, 0.2) is 36.4 Å². The van der Waals surface area contributed by atoms with Crippen LogP contribution in [0, 0.1) is 13.8 Å². The number of carbonyl (C=O) groups excluding carboxylic acids is 2. The van der Waals surface area contributed by atoms with Crippen molar-refractivity contribution < 1.29 is 9.59 Å². The monoisotopic (exact) mass is 448 g/mol. The molecule has 2 amide bonds. The Morgan fingerprint density at radius 1 is 1.07 bits per heavy atom. The third-order valence-corrected chi connectivity index (χ3v) is 6.11. The number of nitrogens with one attached hydrogen (secondary N) is 1. The Kier molecular flexibility index (Phi) is 8.75. The van der Waals surface area contributed by atoms with Crippen LogP contribution < -0.4 is 5.32 Å². The minimum absolute atomic E-state index is 0.0276. The van der Waals surface area contributed by atoms with Crippen LogP contribution in [0.1, 0.15) is 49.4 Å². The molecule has 0 aromatic heterocycles. The van der Waals surface area contributed by atoms with E-state index in [9.17, 15) is 9.59 Å². The van der Waals surface area contributed by atoms with Gasteiger partial charge in [-0.25, -0.2) is 0 Å². The summed E-state index contributed by atoms with van der Waals surface area (Å²) in [4.78, 5) is 27.7. The van der Waals surface area contributed by atoms with Crippen molar-refractivity contribution in [1.82, 2.24) is 10.2 Å². The highest BCUT2D eigenvalue weighted by molar-refractivity contribution is 6.36. The summed E-state index contributed by atoms with van der Waals surface area (Å²) in [7, 11) is 0. The van der Waals surface area contributed by atoms with Crippen molar-refractivity contribution in [3.63, 3.8) is 0 Å². The number of aryl methyl sites for hydroxylation is 2. The topological polar surface area (TPSA) is 49.4 Å². The van der Waals surface area contributed by atoms with Gasteiger partial charge in [-0.2, -0.15) is 0 Å². The van der Waals surface area contributed by atoms with E-state index in [0.29, 0.717) is 15.6 Å². The lowest BCUT2D eigenvalue weighted by Crippen LogP contribution is -2.50. The van der Waals surface area contributed by atoms with E-state index in [2.05, 4.69) is 5.32 Å². The van der Waals surface area contributed by atoms with E-state index >= 15 is 0 Å². The summed E-state index contributed by atoms with van der Waals surface area (Å²) in [5.74, 6) is -0.340. The molecule has 2 aromatic carbocycles. The Hall–Kier alpha value is -2.04. The van der Waals surface area contributed by atoms with Crippen LogP contribution in [0.3, 0.4) is 0 Å². The first kappa shape index (κ1) is 24.2. The third kappa shape index (κ3) is 6.23. The molecule has 0 aliphatic carbocycles. The molecule has 0 spiro atoms. The highest BCUT2D eigenvalue weighted by Gasteiger charge is 2.28. The number of hydrogen-bond acceptors (Lipinski definition) is 2. The second-order valence-corrected chi connectivity index (χ2v) is 8.64. The Morgan fingerprint density at radius 3 is 2.30 bits per heavy atom. The molecule has 30 heavy (non-hydrogen) atoms. The van der Waals surface area contributed by atoms with Crippen molar-refractivity contribution in [1.29, 1.82) is 0 Å². The quantitative estimate of drug-likeness (QED) is 0.580. The predicted octanol–water partition coefficient (Wildman–Crippen LogP) is 5.48. The van der Waals surface area contributed by atoms with Gasteiger partial charge in [0.05, 0.1) is 6.42 Å². The second kappa shape index (κ2) is 10.8. The number of halogens is 2. The summed E-state index contributed by atoms with van der Waals surface area (Å²) in [6.07, 6.45) is 1.02. The van der Waals surface area contributed by atoms with Crippen LogP contribution in [0.5, 0.6) is 0 Å². The van der Waals surface area contributed by atoms with E-state index in [-0.39, 0.29) is 30.8 Å². The summed E-state index contributed by atoms with van der Waals surface area (Å²) < 4.78 is 0. The lowest BCUT2D eigenvalue weighted by molar-refractivity contribution is -0.140. The molecule has 4 nitrogen and oxygen atoms in total. The fourth-order valence-electron chi connectivity index (χ4n) is 3.16. The molecule has 0 aliphatic rings. The molecule has 0 bridgehead atoms. The molecule has 2 atom stereocenters. The fourth-order valence-corrected chi connectivity index (χ4v) is 3.67. The highest BCUT2D eigenvalue weighted by Crippen LogP contribution is 2.27. The molecule has 0 radical (unpaired) electrons. The van der Waals surface area contributed by atoms with Gasteiger partial charge in [0.1, 0.15) is 6.04 Å². The van der Waals surface area contributed by atoms with Crippen molar-refractivity contribution in [2.75, 3.05) is 0 Å². The smallest absolute Gasteiger partial charge is 0.242 e. The van der Waals surface area contributed by atoms with Gasteiger partial charge in [-0.1, -0.05) is 60.0 Å². The Morgan fingerprint density at radius 2 is 1.70 bits per heavy atom. The summed E-state index contributed by atoms with van der Waals surface area (Å²) in [6.45, 7) is 9.83. The van der Waals surface area contributed by atoms with Gasteiger partial charge in [0.25, 0.3) is 0 Å². The lowest BCUT2D eigenvalue weighted by Gasteiger charge is -2.30. The summed E-state index contributed by atoms with van der Waals surface area (Å²) in [5.41, 5.74) is 3.72. The molecular weight excluding hydrogens is 419 g/mol. The van der Waals surface area contributed by atoms with Gasteiger partial charge < -0.3 is 10.2 Å². The average Bonchev–Trinajstić information content (AvgIpc) is 2.69. The second-order valence-electron chi connectivity index (χ2n) is 7.82.